The summed E-state index contributed by atoms with van der Waals surface area (Å²) in [6.45, 7) is 4.66. The van der Waals surface area contributed by atoms with Gasteiger partial charge in [-0.15, -0.1) is 0 Å². The molecule has 0 unspecified atom stereocenters. The molecule has 1 N–H and O–H groups in total. The van der Waals surface area contributed by atoms with Gasteiger partial charge >= 0.3 is 0 Å². The summed E-state index contributed by atoms with van der Waals surface area (Å²) in [4.78, 5) is 0. The molecule has 4 bridgehead atoms. The third kappa shape index (κ3) is 1.81. The first-order valence-electron chi connectivity index (χ1n) is 7.56. The van der Waals surface area contributed by atoms with Crippen molar-refractivity contribution < 1.29 is 0 Å². The summed E-state index contributed by atoms with van der Waals surface area (Å²) in [6.07, 6.45) is 10.4. The van der Waals surface area contributed by atoms with Gasteiger partial charge < -0.3 is 5.32 Å². The highest BCUT2D eigenvalue weighted by atomic mass is 15.0. The lowest BCUT2D eigenvalue weighted by molar-refractivity contribution is -0.0179. The van der Waals surface area contributed by atoms with Gasteiger partial charge in [0.25, 0.3) is 0 Å². The highest BCUT2D eigenvalue weighted by Gasteiger charge is 2.48. The van der Waals surface area contributed by atoms with Gasteiger partial charge in [-0.25, -0.2) is 0 Å². The molecule has 1 heteroatoms. The summed E-state index contributed by atoms with van der Waals surface area (Å²) in [6, 6.07) is 1.67. The largest absolute Gasteiger partial charge is 0.311 e. The van der Waals surface area contributed by atoms with Crippen molar-refractivity contribution in [3.63, 3.8) is 0 Å². The first kappa shape index (κ1) is 11.1. The Morgan fingerprint density at radius 3 is 1.81 bits per heavy atom. The SMILES string of the molecule is CCC(CC)NC1C2CC3CC(C2)CC1C3. The summed E-state index contributed by atoms with van der Waals surface area (Å²) in [5, 5.41) is 4.00. The molecule has 0 spiro atoms. The molecule has 0 heterocycles. The minimum Gasteiger partial charge on any atom is -0.311 e. The van der Waals surface area contributed by atoms with Crippen LogP contribution in [-0.2, 0) is 0 Å². The Labute approximate surface area is 100 Å². The number of hydrogen-bond donors (Lipinski definition) is 1. The zero-order chi connectivity index (χ0) is 11.1. The van der Waals surface area contributed by atoms with Crippen LogP contribution in [-0.4, -0.2) is 12.1 Å². The van der Waals surface area contributed by atoms with Crippen molar-refractivity contribution in [2.45, 2.75) is 70.9 Å². The van der Waals surface area contributed by atoms with Crippen molar-refractivity contribution in [2.24, 2.45) is 23.7 Å². The maximum atomic E-state index is 4.00. The smallest absolute Gasteiger partial charge is 0.0127 e. The van der Waals surface area contributed by atoms with Gasteiger partial charge in [0.2, 0.25) is 0 Å². The van der Waals surface area contributed by atoms with Gasteiger partial charge in [0.15, 0.2) is 0 Å². The van der Waals surface area contributed by atoms with Crippen LogP contribution in [0.4, 0.5) is 0 Å². The zero-order valence-electron chi connectivity index (χ0n) is 10.9. The minimum absolute atomic E-state index is 0.780. The average molecular weight is 221 g/mol. The first-order chi connectivity index (χ1) is 7.80. The Morgan fingerprint density at radius 1 is 0.875 bits per heavy atom. The third-order valence-corrected chi connectivity index (χ3v) is 5.64. The van der Waals surface area contributed by atoms with Crippen LogP contribution < -0.4 is 5.32 Å². The summed E-state index contributed by atoms with van der Waals surface area (Å²) in [5.74, 6) is 4.30. The van der Waals surface area contributed by atoms with E-state index in [4.69, 9.17) is 0 Å². The van der Waals surface area contributed by atoms with Crippen LogP contribution in [0.3, 0.4) is 0 Å². The fourth-order valence-corrected chi connectivity index (χ4v) is 4.99. The molecule has 0 amide bonds. The number of nitrogens with one attached hydrogen (secondary N) is 1. The van der Waals surface area contributed by atoms with Crippen molar-refractivity contribution in [2.75, 3.05) is 0 Å². The third-order valence-electron chi connectivity index (χ3n) is 5.64. The molecule has 16 heavy (non-hydrogen) atoms. The quantitative estimate of drug-likeness (QED) is 0.765. The Balaban J connectivity index is 1.67. The maximum absolute atomic E-state index is 4.00. The lowest BCUT2D eigenvalue weighted by Gasteiger charge is -2.55. The zero-order valence-corrected chi connectivity index (χ0v) is 10.9. The second-order valence-corrected chi connectivity index (χ2v) is 6.64. The van der Waals surface area contributed by atoms with Crippen LogP contribution in [0.15, 0.2) is 0 Å². The van der Waals surface area contributed by atoms with Crippen molar-refractivity contribution in [1.29, 1.82) is 0 Å². The molecule has 0 aromatic rings. The molecular formula is C15H27N. The lowest BCUT2D eigenvalue weighted by Crippen LogP contribution is -2.56. The van der Waals surface area contributed by atoms with Crippen LogP contribution in [0.5, 0.6) is 0 Å². The predicted molar refractivity (Wildman–Crippen MR) is 68.3 cm³/mol. The molecule has 0 saturated heterocycles. The van der Waals surface area contributed by atoms with Gasteiger partial charge in [0.1, 0.15) is 0 Å². The van der Waals surface area contributed by atoms with Crippen LogP contribution in [0.1, 0.15) is 58.8 Å². The van der Waals surface area contributed by atoms with E-state index < -0.39 is 0 Å². The van der Waals surface area contributed by atoms with Gasteiger partial charge in [-0.2, -0.15) is 0 Å². The molecule has 92 valence electrons. The maximum Gasteiger partial charge on any atom is 0.0127 e. The van der Waals surface area contributed by atoms with Gasteiger partial charge in [0, 0.05) is 12.1 Å². The topological polar surface area (TPSA) is 12.0 Å². The Kier molecular flexibility index (Phi) is 2.99. The van der Waals surface area contributed by atoms with E-state index in [1.807, 2.05) is 0 Å². The van der Waals surface area contributed by atoms with E-state index in [0.29, 0.717) is 0 Å². The Morgan fingerprint density at radius 2 is 1.38 bits per heavy atom. The van der Waals surface area contributed by atoms with Gasteiger partial charge in [0.05, 0.1) is 0 Å². The van der Waals surface area contributed by atoms with Crippen LogP contribution in [0.2, 0.25) is 0 Å². The Hall–Kier alpha value is -0.0400. The van der Waals surface area contributed by atoms with Gasteiger partial charge in [-0.3, -0.25) is 0 Å². The summed E-state index contributed by atoms with van der Waals surface area (Å²) in [5.41, 5.74) is 0. The number of hydrogen-bond acceptors (Lipinski definition) is 1. The van der Waals surface area contributed by atoms with E-state index in [0.717, 1.165) is 35.8 Å². The van der Waals surface area contributed by atoms with Crippen molar-refractivity contribution in [1.82, 2.24) is 5.32 Å². The first-order valence-corrected chi connectivity index (χ1v) is 7.56. The molecule has 0 atom stereocenters. The fourth-order valence-electron chi connectivity index (χ4n) is 4.99. The second kappa shape index (κ2) is 4.33. The molecule has 0 aromatic heterocycles. The van der Waals surface area contributed by atoms with Crippen LogP contribution >= 0.6 is 0 Å². The van der Waals surface area contributed by atoms with Crippen molar-refractivity contribution in [3.8, 4) is 0 Å². The molecule has 4 aliphatic carbocycles. The van der Waals surface area contributed by atoms with E-state index in [1.165, 1.54) is 12.8 Å². The van der Waals surface area contributed by atoms with Crippen molar-refractivity contribution >= 4 is 0 Å². The monoisotopic (exact) mass is 221 g/mol. The molecule has 1 nitrogen and oxygen atoms in total. The predicted octanol–water partition coefficient (Wildman–Crippen LogP) is 3.59. The van der Waals surface area contributed by atoms with E-state index in [-0.39, 0.29) is 0 Å². The lowest BCUT2D eigenvalue weighted by atomic mass is 9.54. The fraction of sp³-hybridized carbons (Fsp3) is 1.00. The van der Waals surface area contributed by atoms with Gasteiger partial charge in [-0.05, 0) is 68.6 Å². The van der Waals surface area contributed by atoms with E-state index in [9.17, 15) is 0 Å². The second-order valence-electron chi connectivity index (χ2n) is 6.64. The van der Waals surface area contributed by atoms with E-state index in [2.05, 4.69) is 19.2 Å². The number of rotatable bonds is 4. The summed E-state index contributed by atoms with van der Waals surface area (Å²) < 4.78 is 0. The standard InChI is InChI=1S/C15H27N/c1-3-14(4-2)16-15-12-6-10-5-11(8-12)9-13(15)7-10/h10-16H,3-9H2,1-2H3. The Bertz CT molecular complexity index is 216. The van der Waals surface area contributed by atoms with Crippen LogP contribution in [0, 0.1) is 23.7 Å². The van der Waals surface area contributed by atoms with Gasteiger partial charge in [-0.1, -0.05) is 13.8 Å². The minimum atomic E-state index is 0.780. The highest BCUT2D eigenvalue weighted by Crippen LogP contribution is 2.53. The normalized spacial score (nSPS) is 45.6. The molecule has 4 aliphatic rings. The molecule has 0 aromatic carbocycles. The summed E-state index contributed by atoms with van der Waals surface area (Å²) >= 11 is 0. The average Bonchev–Trinajstić information content (AvgIpc) is 2.28. The summed E-state index contributed by atoms with van der Waals surface area (Å²) in [7, 11) is 0. The highest BCUT2D eigenvalue weighted by molar-refractivity contribution is 5.01. The molecule has 4 saturated carbocycles. The molecular weight excluding hydrogens is 194 g/mol. The van der Waals surface area contributed by atoms with Crippen LogP contribution in [0.25, 0.3) is 0 Å². The van der Waals surface area contributed by atoms with Crippen molar-refractivity contribution in [3.05, 3.63) is 0 Å². The molecule has 4 rings (SSSR count). The molecule has 0 radical (unpaired) electrons. The van der Waals surface area contributed by atoms with E-state index >= 15 is 0 Å². The van der Waals surface area contributed by atoms with E-state index in [1.54, 1.807) is 32.1 Å². The molecule has 0 aliphatic heterocycles. The molecule has 4 fully saturated rings.